The number of hydrogen-bond acceptors (Lipinski definition) is 5. The first-order valence-electron chi connectivity index (χ1n) is 6.61. The maximum absolute atomic E-state index is 11.6. The van der Waals surface area contributed by atoms with Crippen LogP contribution in [0.3, 0.4) is 0 Å². The largest absolute Gasteiger partial charge is 0.395 e. The molecular formula is C13H20N4O2S. The number of H-pyrrole nitrogens is 2. The lowest BCUT2D eigenvalue weighted by Crippen LogP contribution is -2.34. The van der Waals surface area contributed by atoms with Gasteiger partial charge in [-0.1, -0.05) is 13.8 Å². The van der Waals surface area contributed by atoms with Crippen LogP contribution in [-0.4, -0.2) is 43.7 Å². The van der Waals surface area contributed by atoms with Gasteiger partial charge in [0.25, 0.3) is 5.56 Å². The fourth-order valence-electron chi connectivity index (χ4n) is 1.88. The van der Waals surface area contributed by atoms with Crippen molar-refractivity contribution in [2.24, 2.45) is 0 Å². The van der Waals surface area contributed by atoms with Crippen molar-refractivity contribution in [2.45, 2.75) is 31.7 Å². The Labute approximate surface area is 121 Å². The molecule has 0 fully saturated rings. The van der Waals surface area contributed by atoms with Crippen LogP contribution >= 0.6 is 11.8 Å². The van der Waals surface area contributed by atoms with Crippen LogP contribution in [0.2, 0.25) is 0 Å². The van der Waals surface area contributed by atoms with E-state index in [0.717, 1.165) is 11.3 Å². The van der Waals surface area contributed by atoms with E-state index >= 15 is 0 Å². The molecule has 7 heteroatoms. The molecule has 4 N–H and O–H groups in total. The van der Waals surface area contributed by atoms with Crippen molar-refractivity contribution in [3.05, 3.63) is 28.4 Å². The highest BCUT2D eigenvalue weighted by Crippen LogP contribution is 2.13. The first-order chi connectivity index (χ1) is 9.61. The van der Waals surface area contributed by atoms with E-state index in [-0.39, 0.29) is 18.2 Å². The summed E-state index contributed by atoms with van der Waals surface area (Å²) in [6, 6.07) is 0.0364. The van der Waals surface area contributed by atoms with Gasteiger partial charge in [0.2, 0.25) is 0 Å². The summed E-state index contributed by atoms with van der Waals surface area (Å²) in [6.45, 7) is 4.93. The second-order valence-electron chi connectivity index (χ2n) is 4.91. The van der Waals surface area contributed by atoms with Crippen LogP contribution in [0.4, 0.5) is 0 Å². The maximum Gasteiger partial charge on any atom is 0.275 e. The topological polar surface area (TPSA) is 93.8 Å². The van der Waals surface area contributed by atoms with E-state index in [1.807, 2.05) is 0 Å². The van der Waals surface area contributed by atoms with E-state index in [1.54, 1.807) is 18.0 Å². The van der Waals surface area contributed by atoms with E-state index in [2.05, 4.69) is 34.1 Å². The summed E-state index contributed by atoms with van der Waals surface area (Å²) in [5.41, 5.74) is 1.92. The molecule has 0 aliphatic carbocycles. The normalized spacial score (nSPS) is 13.2. The van der Waals surface area contributed by atoms with E-state index < -0.39 is 0 Å². The van der Waals surface area contributed by atoms with Crippen molar-refractivity contribution in [3.63, 3.8) is 0 Å². The first-order valence-corrected chi connectivity index (χ1v) is 7.66. The number of aromatic nitrogens is 3. The van der Waals surface area contributed by atoms with Gasteiger partial charge >= 0.3 is 0 Å². The second kappa shape index (κ2) is 6.92. The third-order valence-electron chi connectivity index (χ3n) is 2.98. The summed E-state index contributed by atoms with van der Waals surface area (Å²) in [7, 11) is 0. The van der Waals surface area contributed by atoms with Gasteiger partial charge in [-0.15, -0.1) is 0 Å². The number of thioether (sulfide) groups is 1. The summed E-state index contributed by atoms with van der Waals surface area (Å²) in [6.07, 6.45) is 3.18. The van der Waals surface area contributed by atoms with Gasteiger partial charge in [0.05, 0.1) is 18.5 Å². The molecule has 0 aliphatic rings. The average Bonchev–Trinajstić information content (AvgIpc) is 2.83. The SMILES string of the molecule is CC(C)SC[C@@H](CO)NCc1c[nH]c2c(=O)[nH]cnc12. The Bertz CT molecular complexity index is 608. The molecule has 110 valence electrons. The Kier molecular flexibility index (Phi) is 5.22. The quantitative estimate of drug-likeness (QED) is 0.607. The van der Waals surface area contributed by atoms with Gasteiger partial charge in [-0.25, -0.2) is 4.98 Å². The Morgan fingerprint density at radius 3 is 2.95 bits per heavy atom. The molecule has 20 heavy (non-hydrogen) atoms. The van der Waals surface area contributed by atoms with Crippen LogP contribution in [0.25, 0.3) is 11.0 Å². The standard InChI is InChI=1S/C13H20N4O2S/c1-8(2)20-6-10(5-18)14-3-9-4-15-12-11(9)16-7-17-13(12)19/h4,7-8,10,14-15,18H,3,5-6H2,1-2H3,(H,16,17,19)/t10-/m1/s1. The Hall–Kier alpha value is -1.31. The van der Waals surface area contributed by atoms with Gasteiger partial charge in [0.15, 0.2) is 0 Å². The fraction of sp³-hybridized carbons (Fsp3) is 0.538. The van der Waals surface area contributed by atoms with Gasteiger partial charge < -0.3 is 20.4 Å². The fourth-order valence-corrected chi connectivity index (χ4v) is 2.72. The lowest BCUT2D eigenvalue weighted by Gasteiger charge is -2.16. The highest BCUT2D eigenvalue weighted by molar-refractivity contribution is 7.99. The molecule has 1 atom stereocenters. The van der Waals surface area contributed by atoms with E-state index in [4.69, 9.17) is 0 Å². The number of rotatable bonds is 7. The number of nitrogens with one attached hydrogen (secondary N) is 3. The van der Waals surface area contributed by atoms with Gasteiger partial charge in [-0.05, 0) is 5.25 Å². The van der Waals surface area contributed by atoms with Crippen molar-refractivity contribution < 1.29 is 5.11 Å². The molecule has 0 unspecified atom stereocenters. The Morgan fingerprint density at radius 2 is 2.25 bits per heavy atom. The molecule has 2 rings (SSSR count). The van der Waals surface area contributed by atoms with Crippen molar-refractivity contribution in [1.82, 2.24) is 20.3 Å². The molecule has 0 bridgehead atoms. The summed E-state index contributed by atoms with van der Waals surface area (Å²) >= 11 is 1.81. The monoisotopic (exact) mass is 296 g/mol. The van der Waals surface area contributed by atoms with Crippen molar-refractivity contribution >= 4 is 22.8 Å². The molecule has 0 amide bonds. The third kappa shape index (κ3) is 3.62. The van der Waals surface area contributed by atoms with E-state index in [9.17, 15) is 9.90 Å². The minimum absolute atomic E-state index is 0.0364. The molecule has 2 aromatic heterocycles. The molecule has 0 aromatic carbocycles. The zero-order chi connectivity index (χ0) is 14.5. The van der Waals surface area contributed by atoms with Crippen LogP contribution in [0.1, 0.15) is 19.4 Å². The van der Waals surface area contributed by atoms with Crippen molar-refractivity contribution in [3.8, 4) is 0 Å². The highest BCUT2D eigenvalue weighted by atomic mass is 32.2. The number of aliphatic hydroxyl groups excluding tert-OH is 1. The minimum Gasteiger partial charge on any atom is -0.395 e. The summed E-state index contributed by atoms with van der Waals surface area (Å²) in [4.78, 5) is 21.2. The zero-order valence-corrected chi connectivity index (χ0v) is 12.5. The van der Waals surface area contributed by atoms with Crippen LogP contribution < -0.4 is 10.9 Å². The van der Waals surface area contributed by atoms with Crippen LogP contribution in [-0.2, 0) is 6.54 Å². The smallest absolute Gasteiger partial charge is 0.275 e. The highest BCUT2D eigenvalue weighted by Gasteiger charge is 2.11. The molecule has 0 aliphatic heterocycles. The molecule has 0 radical (unpaired) electrons. The Morgan fingerprint density at radius 1 is 1.45 bits per heavy atom. The lowest BCUT2D eigenvalue weighted by molar-refractivity contribution is 0.253. The predicted molar refractivity (Wildman–Crippen MR) is 82.0 cm³/mol. The number of hydrogen-bond donors (Lipinski definition) is 4. The molecule has 2 heterocycles. The average molecular weight is 296 g/mol. The van der Waals surface area contributed by atoms with E-state index in [0.29, 0.717) is 22.8 Å². The molecule has 0 saturated carbocycles. The second-order valence-corrected chi connectivity index (χ2v) is 6.52. The third-order valence-corrected chi connectivity index (χ3v) is 4.24. The summed E-state index contributed by atoms with van der Waals surface area (Å²) in [5.74, 6) is 0.852. The number of nitrogens with zero attached hydrogens (tertiary/aromatic N) is 1. The van der Waals surface area contributed by atoms with E-state index in [1.165, 1.54) is 6.33 Å². The van der Waals surface area contributed by atoms with Crippen LogP contribution in [0.5, 0.6) is 0 Å². The van der Waals surface area contributed by atoms with Gasteiger partial charge in [0.1, 0.15) is 5.52 Å². The van der Waals surface area contributed by atoms with Gasteiger partial charge in [0, 0.05) is 30.1 Å². The molecule has 2 aromatic rings. The van der Waals surface area contributed by atoms with Crippen molar-refractivity contribution in [1.29, 1.82) is 0 Å². The minimum atomic E-state index is -0.171. The number of fused-ring (bicyclic) bond motifs is 1. The number of aliphatic hydroxyl groups is 1. The molecule has 0 saturated heterocycles. The summed E-state index contributed by atoms with van der Waals surface area (Å²) in [5, 5.41) is 13.2. The zero-order valence-electron chi connectivity index (χ0n) is 11.6. The maximum atomic E-state index is 11.6. The molecule has 0 spiro atoms. The van der Waals surface area contributed by atoms with Gasteiger partial charge in [-0.2, -0.15) is 11.8 Å². The van der Waals surface area contributed by atoms with Crippen LogP contribution in [0, 0.1) is 0 Å². The number of aromatic amines is 2. The summed E-state index contributed by atoms with van der Waals surface area (Å²) < 4.78 is 0. The van der Waals surface area contributed by atoms with Gasteiger partial charge in [-0.3, -0.25) is 4.79 Å². The molecule has 6 nitrogen and oxygen atoms in total. The first kappa shape index (κ1) is 15.1. The van der Waals surface area contributed by atoms with Crippen molar-refractivity contribution in [2.75, 3.05) is 12.4 Å². The van der Waals surface area contributed by atoms with Crippen LogP contribution in [0.15, 0.2) is 17.3 Å². The lowest BCUT2D eigenvalue weighted by atomic mass is 10.2. The Balaban J connectivity index is 2.01. The molecular weight excluding hydrogens is 276 g/mol. The predicted octanol–water partition coefficient (Wildman–Crippen LogP) is 0.843.